The molecule has 0 aromatic heterocycles. The van der Waals surface area contributed by atoms with Gasteiger partial charge in [0.15, 0.2) is 0 Å². The van der Waals surface area contributed by atoms with Crippen LogP contribution >= 0.6 is 0 Å². The lowest BCUT2D eigenvalue weighted by molar-refractivity contribution is -0.122. The molecule has 0 saturated carbocycles. The van der Waals surface area contributed by atoms with Gasteiger partial charge in [0.05, 0.1) is 19.3 Å². The summed E-state index contributed by atoms with van der Waals surface area (Å²) in [5, 5.41) is 12.0. The molecule has 118 valence electrons. The molecule has 1 aromatic carbocycles. The molecule has 0 aliphatic rings. The normalized spacial score (nSPS) is 12.2. The summed E-state index contributed by atoms with van der Waals surface area (Å²) in [5.74, 6) is 0.619. The van der Waals surface area contributed by atoms with Gasteiger partial charge in [-0.15, -0.1) is 0 Å². The van der Waals surface area contributed by atoms with E-state index < -0.39 is 0 Å². The predicted molar refractivity (Wildman–Crippen MR) is 79.6 cm³/mol. The third-order valence-corrected chi connectivity index (χ3v) is 2.97. The van der Waals surface area contributed by atoms with Crippen molar-refractivity contribution in [2.24, 2.45) is 5.92 Å². The van der Waals surface area contributed by atoms with Crippen molar-refractivity contribution in [1.82, 2.24) is 5.32 Å². The standard InChI is InChI=1S/C16H24FNO3/c1-12(2)10-14(11-19)18-16(20)4-3-9-21-15-7-5-13(17)6-8-15/h5-8,12,14,19H,3-4,9-11H2,1-2H3,(H,18,20). The second-order valence-corrected chi connectivity index (χ2v) is 5.48. The number of carbonyl (C=O) groups is 1. The van der Waals surface area contributed by atoms with Crippen LogP contribution in [0.15, 0.2) is 24.3 Å². The zero-order chi connectivity index (χ0) is 15.7. The number of ether oxygens (including phenoxy) is 1. The highest BCUT2D eigenvalue weighted by Gasteiger charge is 2.12. The number of halogens is 1. The molecule has 1 rings (SSSR count). The van der Waals surface area contributed by atoms with Crippen LogP contribution in [-0.4, -0.2) is 30.3 Å². The fourth-order valence-corrected chi connectivity index (χ4v) is 2.00. The smallest absolute Gasteiger partial charge is 0.220 e. The molecule has 0 fully saturated rings. The molecular formula is C16H24FNO3. The summed E-state index contributed by atoms with van der Waals surface area (Å²) >= 11 is 0. The molecule has 1 aromatic rings. The zero-order valence-corrected chi connectivity index (χ0v) is 12.6. The topological polar surface area (TPSA) is 58.6 Å². The van der Waals surface area contributed by atoms with Crippen molar-refractivity contribution in [3.63, 3.8) is 0 Å². The molecule has 4 nitrogen and oxygen atoms in total. The van der Waals surface area contributed by atoms with Crippen molar-refractivity contribution in [2.45, 2.75) is 39.2 Å². The highest BCUT2D eigenvalue weighted by molar-refractivity contribution is 5.76. The van der Waals surface area contributed by atoms with Crippen molar-refractivity contribution in [1.29, 1.82) is 0 Å². The molecule has 0 aliphatic carbocycles. The van der Waals surface area contributed by atoms with E-state index in [2.05, 4.69) is 5.32 Å². The Labute approximate surface area is 125 Å². The van der Waals surface area contributed by atoms with E-state index >= 15 is 0 Å². The Morgan fingerprint density at radius 2 is 2.00 bits per heavy atom. The van der Waals surface area contributed by atoms with Crippen LogP contribution in [0.3, 0.4) is 0 Å². The number of benzene rings is 1. The van der Waals surface area contributed by atoms with Gasteiger partial charge in [-0.2, -0.15) is 0 Å². The van der Waals surface area contributed by atoms with Gasteiger partial charge >= 0.3 is 0 Å². The Hall–Kier alpha value is -1.62. The highest BCUT2D eigenvalue weighted by atomic mass is 19.1. The fourth-order valence-electron chi connectivity index (χ4n) is 2.00. The number of aliphatic hydroxyl groups is 1. The predicted octanol–water partition coefficient (Wildman–Crippen LogP) is 2.51. The van der Waals surface area contributed by atoms with Crippen molar-refractivity contribution in [3.8, 4) is 5.75 Å². The van der Waals surface area contributed by atoms with E-state index in [1.807, 2.05) is 13.8 Å². The monoisotopic (exact) mass is 297 g/mol. The van der Waals surface area contributed by atoms with Crippen LogP contribution in [0.25, 0.3) is 0 Å². The average Bonchev–Trinajstić information content (AvgIpc) is 2.44. The molecule has 21 heavy (non-hydrogen) atoms. The Morgan fingerprint density at radius 3 is 2.57 bits per heavy atom. The molecule has 0 heterocycles. The largest absolute Gasteiger partial charge is 0.494 e. The van der Waals surface area contributed by atoms with E-state index in [1.165, 1.54) is 12.1 Å². The lowest BCUT2D eigenvalue weighted by Crippen LogP contribution is -2.38. The van der Waals surface area contributed by atoms with E-state index in [0.717, 1.165) is 6.42 Å². The molecule has 0 radical (unpaired) electrons. The lowest BCUT2D eigenvalue weighted by Gasteiger charge is -2.18. The van der Waals surface area contributed by atoms with Crippen molar-refractivity contribution in [2.75, 3.05) is 13.2 Å². The first-order chi connectivity index (χ1) is 10.0. The van der Waals surface area contributed by atoms with Crippen LogP contribution in [0.2, 0.25) is 0 Å². The highest BCUT2D eigenvalue weighted by Crippen LogP contribution is 2.11. The van der Waals surface area contributed by atoms with Crippen LogP contribution < -0.4 is 10.1 Å². The summed E-state index contributed by atoms with van der Waals surface area (Å²) in [4.78, 5) is 11.7. The minimum absolute atomic E-state index is 0.0456. The minimum Gasteiger partial charge on any atom is -0.494 e. The molecule has 0 spiro atoms. The number of hydrogen-bond acceptors (Lipinski definition) is 3. The molecular weight excluding hydrogens is 273 g/mol. The van der Waals surface area contributed by atoms with Crippen molar-refractivity contribution >= 4 is 5.91 Å². The first-order valence-corrected chi connectivity index (χ1v) is 7.30. The summed E-state index contributed by atoms with van der Waals surface area (Å²) in [6, 6.07) is 5.59. The Morgan fingerprint density at radius 1 is 1.33 bits per heavy atom. The average molecular weight is 297 g/mol. The summed E-state index contributed by atoms with van der Waals surface area (Å²) < 4.78 is 18.1. The number of carbonyl (C=O) groups excluding carboxylic acids is 1. The molecule has 1 amide bonds. The molecule has 1 atom stereocenters. The van der Waals surface area contributed by atoms with Gasteiger partial charge in [-0.25, -0.2) is 4.39 Å². The van der Waals surface area contributed by atoms with Gasteiger partial charge in [0.25, 0.3) is 0 Å². The summed E-state index contributed by atoms with van der Waals surface area (Å²) in [5.41, 5.74) is 0. The number of rotatable bonds is 9. The molecule has 2 N–H and O–H groups in total. The number of aliphatic hydroxyl groups excluding tert-OH is 1. The van der Waals surface area contributed by atoms with Gasteiger partial charge < -0.3 is 15.2 Å². The van der Waals surface area contributed by atoms with Gasteiger partial charge in [-0.05, 0) is 43.0 Å². The quantitative estimate of drug-likeness (QED) is 0.689. The molecule has 0 aliphatic heterocycles. The second kappa shape index (κ2) is 9.34. The maximum atomic E-state index is 12.7. The van der Waals surface area contributed by atoms with E-state index in [9.17, 15) is 14.3 Å². The van der Waals surface area contributed by atoms with Gasteiger partial charge in [0.1, 0.15) is 11.6 Å². The lowest BCUT2D eigenvalue weighted by atomic mass is 10.0. The van der Waals surface area contributed by atoms with Gasteiger partial charge in [-0.3, -0.25) is 4.79 Å². The van der Waals surface area contributed by atoms with Crippen LogP contribution in [-0.2, 0) is 4.79 Å². The fraction of sp³-hybridized carbons (Fsp3) is 0.562. The third kappa shape index (κ3) is 7.66. The minimum atomic E-state index is -0.304. The van der Waals surface area contributed by atoms with Crippen LogP contribution in [0.1, 0.15) is 33.1 Å². The molecule has 0 bridgehead atoms. The van der Waals surface area contributed by atoms with Gasteiger partial charge in [0.2, 0.25) is 5.91 Å². The van der Waals surface area contributed by atoms with Gasteiger partial charge in [-0.1, -0.05) is 13.8 Å². The third-order valence-electron chi connectivity index (χ3n) is 2.97. The number of nitrogens with one attached hydrogen (secondary N) is 1. The Bertz CT molecular complexity index is 420. The number of hydrogen-bond donors (Lipinski definition) is 2. The Kier molecular flexibility index (Phi) is 7.75. The first kappa shape index (κ1) is 17.4. The first-order valence-electron chi connectivity index (χ1n) is 7.30. The zero-order valence-electron chi connectivity index (χ0n) is 12.6. The van der Waals surface area contributed by atoms with Crippen LogP contribution in [0.4, 0.5) is 4.39 Å². The van der Waals surface area contributed by atoms with E-state index in [0.29, 0.717) is 31.1 Å². The molecule has 5 heteroatoms. The van der Waals surface area contributed by atoms with Crippen LogP contribution in [0, 0.1) is 11.7 Å². The molecule has 1 unspecified atom stereocenters. The number of amides is 1. The van der Waals surface area contributed by atoms with E-state index in [1.54, 1.807) is 12.1 Å². The van der Waals surface area contributed by atoms with E-state index in [4.69, 9.17) is 4.74 Å². The maximum Gasteiger partial charge on any atom is 0.220 e. The summed E-state index contributed by atoms with van der Waals surface area (Å²) in [6.07, 6.45) is 1.67. The van der Waals surface area contributed by atoms with Crippen molar-refractivity contribution in [3.05, 3.63) is 30.1 Å². The summed E-state index contributed by atoms with van der Waals surface area (Å²) in [6.45, 7) is 4.44. The summed E-state index contributed by atoms with van der Waals surface area (Å²) in [7, 11) is 0. The second-order valence-electron chi connectivity index (χ2n) is 5.48. The van der Waals surface area contributed by atoms with E-state index in [-0.39, 0.29) is 24.4 Å². The van der Waals surface area contributed by atoms with Crippen LogP contribution in [0.5, 0.6) is 5.75 Å². The Balaban J connectivity index is 2.19. The van der Waals surface area contributed by atoms with Gasteiger partial charge in [0, 0.05) is 6.42 Å². The maximum absolute atomic E-state index is 12.7. The van der Waals surface area contributed by atoms with Crippen molar-refractivity contribution < 1.29 is 19.0 Å². The molecule has 0 saturated heterocycles. The SMILES string of the molecule is CC(C)CC(CO)NC(=O)CCCOc1ccc(F)cc1.